The largest absolute Gasteiger partial charge is 0.323 e. The van der Waals surface area contributed by atoms with Crippen LogP contribution in [0.15, 0.2) is 18.2 Å². The molecule has 1 aromatic carbocycles. The summed E-state index contributed by atoms with van der Waals surface area (Å²) in [5.41, 5.74) is 1.26. The molecular formula is C17H20ClN3O. The average molecular weight is 318 g/mol. The molecule has 0 spiro atoms. The average Bonchev–Trinajstić information content (AvgIpc) is 3.28. The minimum atomic E-state index is -0.571. The molecule has 22 heavy (non-hydrogen) atoms. The highest BCUT2D eigenvalue weighted by Gasteiger charge is 2.53. The maximum Gasteiger partial charge on any atom is 0.323 e. The number of nitrogens with zero attached hydrogens (tertiary/aromatic N) is 2. The lowest BCUT2D eigenvalue weighted by molar-refractivity contribution is 0.161. The highest BCUT2D eigenvalue weighted by atomic mass is 35.5. The second kappa shape index (κ2) is 5.49. The Labute approximate surface area is 136 Å². The SMILES string of the molecule is CN(C)CC#CC1(C2CC2)c2cc(Cl)ccc2NC(=O)N1C. The summed E-state index contributed by atoms with van der Waals surface area (Å²) in [7, 11) is 5.79. The Morgan fingerprint density at radius 1 is 1.45 bits per heavy atom. The molecule has 1 aliphatic heterocycles. The second-order valence-corrected chi connectivity index (χ2v) is 6.70. The Balaban J connectivity index is 2.15. The van der Waals surface area contributed by atoms with Gasteiger partial charge in [0.05, 0.1) is 6.54 Å². The van der Waals surface area contributed by atoms with Crippen LogP contribution in [0.25, 0.3) is 0 Å². The number of benzene rings is 1. The molecule has 4 nitrogen and oxygen atoms in total. The maximum absolute atomic E-state index is 12.4. The van der Waals surface area contributed by atoms with Crippen LogP contribution in [-0.2, 0) is 5.54 Å². The van der Waals surface area contributed by atoms with Crippen LogP contribution < -0.4 is 5.32 Å². The summed E-state index contributed by atoms with van der Waals surface area (Å²) in [5, 5.41) is 3.59. The number of hydrogen-bond donors (Lipinski definition) is 1. The van der Waals surface area contributed by atoms with Gasteiger partial charge in [-0.2, -0.15) is 0 Å². The number of carbonyl (C=O) groups is 1. The van der Waals surface area contributed by atoms with Crippen molar-refractivity contribution < 1.29 is 4.79 Å². The summed E-state index contributed by atoms with van der Waals surface area (Å²) in [5.74, 6) is 7.02. The van der Waals surface area contributed by atoms with Crippen LogP contribution in [0.2, 0.25) is 5.02 Å². The summed E-state index contributed by atoms with van der Waals surface area (Å²) in [6.07, 6.45) is 2.17. The number of nitrogens with one attached hydrogen (secondary N) is 1. The number of amides is 2. The third-order valence-corrected chi connectivity index (χ3v) is 4.55. The van der Waals surface area contributed by atoms with Gasteiger partial charge in [-0.15, -0.1) is 0 Å². The van der Waals surface area contributed by atoms with E-state index in [1.165, 1.54) is 0 Å². The first-order valence-electron chi connectivity index (χ1n) is 7.44. The van der Waals surface area contributed by atoms with Gasteiger partial charge in [0.1, 0.15) is 5.54 Å². The molecule has 0 aromatic heterocycles. The summed E-state index contributed by atoms with van der Waals surface area (Å²) in [6.45, 7) is 0.666. The number of halogens is 1. The fraction of sp³-hybridized carbons (Fsp3) is 0.471. The number of rotatable bonds is 2. The van der Waals surface area contributed by atoms with Crippen LogP contribution in [0.3, 0.4) is 0 Å². The molecule has 1 N–H and O–H groups in total. The van der Waals surface area contributed by atoms with Gasteiger partial charge in [0.15, 0.2) is 0 Å². The predicted octanol–water partition coefficient (Wildman–Crippen LogP) is 2.99. The Bertz CT molecular complexity index is 672. The summed E-state index contributed by atoms with van der Waals surface area (Å²) < 4.78 is 0. The van der Waals surface area contributed by atoms with Crippen molar-refractivity contribution in [2.45, 2.75) is 18.4 Å². The van der Waals surface area contributed by atoms with Crippen LogP contribution in [0.1, 0.15) is 18.4 Å². The van der Waals surface area contributed by atoms with Crippen LogP contribution in [0.4, 0.5) is 10.5 Å². The lowest BCUT2D eigenvalue weighted by Crippen LogP contribution is -2.53. The molecule has 1 atom stereocenters. The van der Waals surface area contributed by atoms with Gasteiger partial charge in [0.2, 0.25) is 0 Å². The molecule has 116 valence electrons. The van der Waals surface area contributed by atoms with Crippen molar-refractivity contribution in [3.63, 3.8) is 0 Å². The second-order valence-electron chi connectivity index (χ2n) is 6.26. The first-order chi connectivity index (χ1) is 10.4. The van der Waals surface area contributed by atoms with Gasteiger partial charge in [-0.3, -0.25) is 4.90 Å². The lowest BCUT2D eigenvalue weighted by Gasteiger charge is -2.43. The number of fused-ring (bicyclic) bond motifs is 1. The van der Waals surface area contributed by atoms with Crippen molar-refractivity contribution in [2.75, 3.05) is 33.0 Å². The van der Waals surface area contributed by atoms with E-state index < -0.39 is 5.54 Å². The van der Waals surface area contributed by atoms with Gasteiger partial charge in [0.25, 0.3) is 0 Å². The maximum atomic E-state index is 12.4. The van der Waals surface area contributed by atoms with Gasteiger partial charge in [-0.05, 0) is 51.1 Å². The molecule has 0 saturated heterocycles. The van der Waals surface area contributed by atoms with E-state index in [1.807, 2.05) is 38.2 Å². The van der Waals surface area contributed by atoms with Crippen molar-refractivity contribution >= 4 is 23.3 Å². The fourth-order valence-electron chi connectivity index (χ4n) is 3.06. The molecule has 0 bridgehead atoms. The van der Waals surface area contributed by atoms with Crippen LogP contribution >= 0.6 is 11.6 Å². The molecular weight excluding hydrogens is 298 g/mol. The number of urea groups is 1. The predicted molar refractivity (Wildman–Crippen MR) is 89.0 cm³/mol. The van der Waals surface area contributed by atoms with E-state index in [2.05, 4.69) is 17.2 Å². The number of carbonyl (C=O) groups excluding carboxylic acids is 1. The van der Waals surface area contributed by atoms with E-state index in [-0.39, 0.29) is 6.03 Å². The van der Waals surface area contributed by atoms with Crippen LogP contribution in [0, 0.1) is 17.8 Å². The summed E-state index contributed by atoms with van der Waals surface area (Å²) >= 11 is 6.21. The molecule has 1 fully saturated rings. The van der Waals surface area contributed by atoms with Crippen molar-refractivity contribution in [2.24, 2.45) is 5.92 Å². The van der Waals surface area contributed by atoms with Gasteiger partial charge in [-0.1, -0.05) is 23.4 Å². The monoisotopic (exact) mass is 317 g/mol. The molecule has 2 aliphatic rings. The van der Waals surface area contributed by atoms with E-state index >= 15 is 0 Å². The zero-order valence-electron chi connectivity index (χ0n) is 13.1. The van der Waals surface area contributed by atoms with E-state index in [1.54, 1.807) is 11.0 Å². The molecule has 1 aliphatic carbocycles. The van der Waals surface area contributed by atoms with Crippen molar-refractivity contribution in [3.05, 3.63) is 28.8 Å². The Kier molecular flexibility index (Phi) is 3.80. The quantitative estimate of drug-likeness (QED) is 0.851. The smallest absolute Gasteiger partial charge is 0.307 e. The van der Waals surface area contributed by atoms with Gasteiger partial charge >= 0.3 is 6.03 Å². The third-order valence-electron chi connectivity index (χ3n) is 4.31. The highest BCUT2D eigenvalue weighted by Crippen LogP contribution is 2.52. The first-order valence-corrected chi connectivity index (χ1v) is 7.82. The number of anilines is 1. The molecule has 1 saturated carbocycles. The zero-order chi connectivity index (χ0) is 15.9. The van der Waals surface area contributed by atoms with Gasteiger partial charge in [0, 0.05) is 23.3 Å². The summed E-state index contributed by atoms with van der Waals surface area (Å²) in [4.78, 5) is 16.2. The van der Waals surface area contributed by atoms with Crippen molar-refractivity contribution in [1.29, 1.82) is 0 Å². The van der Waals surface area contributed by atoms with Gasteiger partial charge in [-0.25, -0.2) is 4.79 Å². The zero-order valence-corrected chi connectivity index (χ0v) is 13.9. The van der Waals surface area contributed by atoms with Gasteiger partial charge < -0.3 is 10.2 Å². The molecule has 3 rings (SSSR count). The minimum Gasteiger partial charge on any atom is -0.307 e. The molecule has 0 radical (unpaired) electrons. The highest BCUT2D eigenvalue weighted by molar-refractivity contribution is 6.30. The lowest BCUT2D eigenvalue weighted by atomic mass is 9.81. The van der Waals surface area contributed by atoms with E-state index in [9.17, 15) is 4.79 Å². The molecule has 2 amide bonds. The van der Waals surface area contributed by atoms with Crippen molar-refractivity contribution in [1.82, 2.24) is 9.80 Å². The first kappa shape index (κ1) is 15.2. The van der Waals surface area contributed by atoms with E-state index in [0.717, 1.165) is 24.1 Å². The molecule has 1 heterocycles. The Morgan fingerprint density at radius 2 is 2.18 bits per heavy atom. The standard InChI is InChI=1S/C17H20ClN3O/c1-20(2)10-4-9-17(12-5-6-12)14-11-13(18)7-8-15(14)19-16(22)21(17)3/h7-8,11-12H,5-6,10H2,1-3H3,(H,19,22). The van der Waals surface area contributed by atoms with Crippen LogP contribution in [0.5, 0.6) is 0 Å². The molecule has 1 unspecified atom stereocenters. The number of hydrogen-bond acceptors (Lipinski definition) is 2. The Hall–Kier alpha value is -1.70. The normalized spacial score (nSPS) is 23.7. The van der Waals surface area contributed by atoms with Crippen LogP contribution in [-0.4, -0.2) is 43.5 Å². The molecule has 1 aromatic rings. The summed E-state index contributed by atoms with van der Waals surface area (Å²) in [6, 6.07) is 5.50. The van der Waals surface area contributed by atoms with Crippen molar-refractivity contribution in [3.8, 4) is 11.8 Å². The molecule has 5 heteroatoms. The van der Waals surface area contributed by atoms with E-state index in [0.29, 0.717) is 17.5 Å². The van der Waals surface area contributed by atoms with E-state index in [4.69, 9.17) is 11.6 Å². The third kappa shape index (κ3) is 2.45. The Morgan fingerprint density at radius 3 is 2.82 bits per heavy atom. The topological polar surface area (TPSA) is 35.6 Å². The fourth-order valence-corrected chi connectivity index (χ4v) is 3.23. The minimum absolute atomic E-state index is 0.110.